The largest absolute Gasteiger partial charge is 0.290 e. The topological polar surface area (TPSA) is 30.2 Å². The molecule has 0 N–H and O–H groups in total. The summed E-state index contributed by atoms with van der Waals surface area (Å²) >= 11 is 1.80. The van der Waals surface area contributed by atoms with Gasteiger partial charge < -0.3 is 0 Å². The van der Waals surface area contributed by atoms with Crippen molar-refractivity contribution in [3.05, 3.63) is 116 Å². The molecule has 0 atom stereocenters. The summed E-state index contributed by atoms with van der Waals surface area (Å²) < 4.78 is 3.51. The van der Waals surface area contributed by atoms with Crippen LogP contribution < -0.4 is 0 Å². The van der Waals surface area contributed by atoms with E-state index in [1.165, 1.54) is 47.9 Å². The van der Waals surface area contributed by atoms with Crippen LogP contribution in [-0.4, -0.2) is 14.4 Å². The van der Waals surface area contributed by atoms with Crippen LogP contribution in [-0.2, 0) is 0 Å². The summed E-state index contributed by atoms with van der Waals surface area (Å²) in [6.45, 7) is 0. The average Bonchev–Trinajstić information content (AvgIpc) is 3.49. The van der Waals surface area contributed by atoms with Crippen molar-refractivity contribution in [1.82, 2.24) is 14.4 Å². The third-order valence-electron chi connectivity index (χ3n) is 7.04. The van der Waals surface area contributed by atoms with Crippen molar-refractivity contribution in [3.63, 3.8) is 0 Å². The molecule has 168 valence electrons. The van der Waals surface area contributed by atoms with Crippen molar-refractivity contribution in [2.75, 3.05) is 0 Å². The van der Waals surface area contributed by atoms with Gasteiger partial charge in [-0.2, -0.15) is 0 Å². The van der Waals surface area contributed by atoms with Gasteiger partial charge in [0.05, 0.1) is 5.52 Å². The predicted octanol–water partition coefficient (Wildman–Crippen LogP) is 8.74. The fourth-order valence-electron chi connectivity index (χ4n) is 5.24. The standard InChI is InChI=1S/C32H19N3S/c1-2-9-25-23(6-1)18-33-28-14-12-22(17-27(25)28)20-7-5-8-21(16-20)24-13-15-30-34-31-26-10-3-4-11-29(26)36-32(31)35(30)19-24/h1-19H. The van der Waals surface area contributed by atoms with Crippen molar-refractivity contribution in [1.29, 1.82) is 0 Å². The summed E-state index contributed by atoms with van der Waals surface area (Å²) in [5, 5.41) is 4.81. The maximum absolute atomic E-state index is 4.92. The maximum atomic E-state index is 4.92. The van der Waals surface area contributed by atoms with E-state index in [-0.39, 0.29) is 0 Å². The number of fused-ring (bicyclic) bond motifs is 8. The van der Waals surface area contributed by atoms with Crippen LogP contribution in [0.1, 0.15) is 0 Å². The summed E-state index contributed by atoms with van der Waals surface area (Å²) in [5.74, 6) is 0. The highest BCUT2D eigenvalue weighted by atomic mass is 32.1. The molecule has 0 aliphatic rings. The smallest absolute Gasteiger partial charge is 0.138 e. The Morgan fingerprint density at radius 3 is 2.33 bits per heavy atom. The van der Waals surface area contributed by atoms with Gasteiger partial charge >= 0.3 is 0 Å². The molecule has 4 heterocycles. The molecule has 0 radical (unpaired) electrons. The molecular weight excluding hydrogens is 458 g/mol. The third kappa shape index (κ3) is 2.92. The van der Waals surface area contributed by atoms with Crippen LogP contribution in [0.5, 0.6) is 0 Å². The van der Waals surface area contributed by atoms with Crippen LogP contribution in [0, 0.1) is 0 Å². The Morgan fingerprint density at radius 1 is 0.611 bits per heavy atom. The first-order valence-electron chi connectivity index (χ1n) is 12.0. The summed E-state index contributed by atoms with van der Waals surface area (Å²) in [6.07, 6.45) is 4.18. The number of thiophene rings is 1. The van der Waals surface area contributed by atoms with Crippen molar-refractivity contribution in [3.8, 4) is 22.3 Å². The molecule has 0 fully saturated rings. The molecule has 0 saturated carbocycles. The monoisotopic (exact) mass is 477 g/mol. The number of rotatable bonds is 2. The number of benzene rings is 4. The molecule has 0 aliphatic heterocycles. The van der Waals surface area contributed by atoms with Crippen molar-refractivity contribution in [2.45, 2.75) is 0 Å². The summed E-state index contributed by atoms with van der Waals surface area (Å²) in [6, 6.07) is 36.6. The first kappa shape index (κ1) is 19.7. The van der Waals surface area contributed by atoms with Crippen molar-refractivity contribution in [2.24, 2.45) is 0 Å². The molecule has 3 nitrogen and oxygen atoms in total. The van der Waals surface area contributed by atoms with E-state index in [0.29, 0.717) is 0 Å². The molecule has 0 aliphatic carbocycles. The van der Waals surface area contributed by atoms with E-state index in [0.717, 1.165) is 22.1 Å². The van der Waals surface area contributed by atoms with Crippen LogP contribution in [0.4, 0.5) is 0 Å². The van der Waals surface area contributed by atoms with E-state index in [1.54, 1.807) is 11.3 Å². The Morgan fingerprint density at radius 2 is 1.39 bits per heavy atom. The zero-order valence-electron chi connectivity index (χ0n) is 19.2. The predicted molar refractivity (Wildman–Crippen MR) is 152 cm³/mol. The highest BCUT2D eigenvalue weighted by Gasteiger charge is 2.13. The Labute approximate surface area is 210 Å². The highest BCUT2D eigenvalue weighted by Crippen LogP contribution is 2.35. The summed E-state index contributed by atoms with van der Waals surface area (Å²) in [7, 11) is 0. The quantitative estimate of drug-likeness (QED) is 0.233. The lowest BCUT2D eigenvalue weighted by Gasteiger charge is -2.09. The van der Waals surface area contributed by atoms with E-state index in [2.05, 4.69) is 119 Å². The minimum Gasteiger partial charge on any atom is -0.290 e. The Balaban J connectivity index is 1.27. The second-order valence-electron chi connectivity index (χ2n) is 9.17. The third-order valence-corrected chi connectivity index (χ3v) is 8.20. The molecule has 4 aromatic carbocycles. The van der Waals surface area contributed by atoms with Gasteiger partial charge in [-0.15, -0.1) is 11.3 Å². The van der Waals surface area contributed by atoms with Crippen molar-refractivity contribution < 1.29 is 0 Å². The zero-order valence-corrected chi connectivity index (χ0v) is 20.0. The fourth-order valence-corrected chi connectivity index (χ4v) is 6.36. The van der Waals surface area contributed by atoms with Gasteiger partial charge in [-0.3, -0.25) is 9.38 Å². The van der Waals surface area contributed by atoms with E-state index >= 15 is 0 Å². The summed E-state index contributed by atoms with van der Waals surface area (Å²) in [4.78, 5) is 10.8. The number of aromatic nitrogens is 3. The van der Waals surface area contributed by atoms with Gasteiger partial charge in [0, 0.05) is 33.3 Å². The molecule has 4 heteroatoms. The van der Waals surface area contributed by atoms with E-state index in [4.69, 9.17) is 4.98 Å². The first-order chi connectivity index (χ1) is 17.8. The van der Waals surface area contributed by atoms with E-state index in [9.17, 15) is 0 Å². The number of nitrogens with zero attached hydrogens (tertiary/aromatic N) is 3. The molecule has 0 saturated heterocycles. The lowest BCUT2D eigenvalue weighted by Crippen LogP contribution is -1.88. The van der Waals surface area contributed by atoms with Crippen LogP contribution in [0.25, 0.3) is 70.0 Å². The van der Waals surface area contributed by atoms with E-state index in [1.807, 2.05) is 6.20 Å². The SMILES string of the molecule is c1cc(-c2ccc3ncc4ccccc4c3c2)cc(-c2ccc3nc4c5ccccc5sc4n3c2)c1. The summed E-state index contributed by atoms with van der Waals surface area (Å²) in [5.41, 5.74) is 7.83. The Hall–Kier alpha value is -4.54. The van der Waals surface area contributed by atoms with Gasteiger partial charge in [0.2, 0.25) is 0 Å². The lowest BCUT2D eigenvalue weighted by atomic mass is 9.97. The highest BCUT2D eigenvalue weighted by molar-refractivity contribution is 7.25. The fraction of sp³-hybridized carbons (Fsp3) is 0. The molecule has 4 aromatic heterocycles. The second kappa shape index (κ2) is 7.48. The molecule has 0 amide bonds. The molecule has 8 rings (SSSR count). The van der Waals surface area contributed by atoms with Crippen LogP contribution >= 0.6 is 11.3 Å². The van der Waals surface area contributed by atoms with Gasteiger partial charge in [-0.25, -0.2) is 4.98 Å². The van der Waals surface area contributed by atoms with Gasteiger partial charge in [-0.05, 0) is 64.0 Å². The van der Waals surface area contributed by atoms with Crippen molar-refractivity contribution >= 4 is 59.1 Å². The van der Waals surface area contributed by atoms with Crippen LogP contribution in [0.15, 0.2) is 116 Å². The second-order valence-corrected chi connectivity index (χ2v) is 10.2. The number of hydrogen-bond donors (Lipinski definition) is 0. The van der Waals surface area contributed by atoms with Crippen LogP contribution in [0.2, 0.25) is 0 Å². The minimum atomic E-state index is 0.982. The van der Waals surface area contributed by atoms with Gasteiger partial charge in [0.15, 0.2) is 0 Å². The first-order valence-corrected chi connectivity index (χ1v) is 12.8. The van der Waals surface area contributed by atoms with Gasteiger partial charge in [0.1, 0.15) is 16.0 Å². The zero-order chi connectivity index (χ0) is 23.6. The molecular formula is C32H19N3S. The van der Waals surface area contributed by atoms with Gasteiger partial charge in [0.25, 0.3) is 0 Å². The normalized spacial score (nSPS) is 11.9. The van der Waals surface area contributed by atoms with Crippen LogP contribution in [0.3, 0.4) is 0 Å². The minimum absolute atomic E-state index is 0.982. The number of pyridine rings is 2. The average molecular weight is 478 g/mol. The molecule has 0 bridgehead atoms. The maximum Gasteiger partial charge on any atom is 0.138 e. The number of imidazole rings is 1. The molecule has 0 unspecified atom stereocenters. The number of hydrogen-bond acceptors (Lipinski definition) is 3. The molecule has 0 spiro atoms. The lowest BCUT2D eigenvalue weighted by molar-refractivity contribution is 1.24. The Bertz CT molecular complexity index is 2120. The molecule has 8 aromatic rings. The van der Waals surface area contributed by atoms with E-state index < -0.39 is 0 Å². The molecule has 36 heavy (non-hydrogen) atoms. The Kier molecular flexibility index (Phi) is 4.10. The van der Waals surface area contributed by atoms with Gasteiger partial charge in [-0.1, -0.05) is 66.7 Å².